The first-order valence-electron chi connectivity index (χ1n) is 6.32. The van der Waals surface area contributed by atoms with E-state index in [1.54, 1.807) is 0 Å². The summed E-state index contributed by atoms with van der Waals surface area (Å²) >= 11 is 0. The number of allylic oxidation sites excluding steroid dienone is 2. The van der Waals surface area contributed by atoms with Gasteiger partial charge in [0.05, 0.1) is 6.04 Å². The molecule has 1 aromatic carbocycles. The fraction of sp³-hybridized carbons (Fsp3) is 0.375. The molecule has 2 atom stereocenters. The molecule has 0 spiro atoms. The van der Waals surface area contributed by atoms with Gasteiger partial charge < -0.3 is 4.90 Å². The van der Waals surface area contributed by atoms with E-state index in [1.807, 2.05) is 6.08 Å². The van der Waals surface area contributed by atoms with Crippen LogP contribution in [0.3, 0.4) is 0 Å². The van der Waals surface area contributed by atoms with Gasteiger partial charge in [0.2, 0.25) is 0 Å². The van der Waals surface area contributed by atoms with Crippen LogP contribution in [0.1, 0.15) is 31.4 Å². The lowest BCUT2D eigenvalue weighted by Crippen LogP contribution is -2.23. The molecule has 0 amide bonds. The second-order valence-electron chi connectivity index (χ2n) is 4.90. The molecule has 1 saturated heterocycles. The fourth-order valence-electron chi connectivity index (χ4n) is 2.66. The van der Waals surface area contributed by atoms with E-state index in [9.17, 15) is 0 Å². The summed E-state index contributed by atoms with van der Waals surface area (Å²) < 4.78 is 0. The SMILES string of the molecule is C=CCC1CC(=C)N(C(C)c2ccccc2)C1. The molecule has 0 aliphatic carbocycles. The molecule has 1 aliphatic rings. The van der Waals surface area contributed by atoms with E-state index in [-0.39, 0.29) is 0 Å². The standard InChI is InChI=1S/C16H21N/c1-4-8-15-11-13(2)17(12-15)14(3)16-9-6-5-7-10-16/h4-7,9-10,14-15H,1-2,8,11-12H2,3H3. The Kier molecular flexibility index (Phi) is 3.68. The van der Waals surface area contributed by atoms with Crippen molar-refractivity contribution in [2.24, 2.45) is 5.92 Å². The van der Waals surface area contributed by atoms with Crippen LogP contribution < -0.4 is 0 Å². The van der Waals surface area contributed by atoms with E-state index in [2.05, 4.69) is 55.3 Å². The molecule has 0 aromatic heterocycles. The molecule has 0 radical (unpaired) electrons. The van der Waals surface area contributed by atoms with Crippen LogP contribution in [0.5, 0.6) is 0 Å². The molecule has 1 heterocycles. The van der Waals surface area contributed by atoms with Crippen LogP contribution in [0.4, 0.5) is 0 Å². The molecule has 0 N–H and O–H groups in total. The van der Waals surface area contributed by atoms with Gasteiger partial charge in [-0.15, -0.1) is 6.58 Å². The van der Waals surface area contributed by atoms with Gasteiger partial charge in [-0.2, -0.15) is 0 Å². The minimum atomic E-state index is 0.429. The summed E-state index contributed by atoms with van der Waals surface area (Å²) in [6.07, 6.45) is 4.23. The van der Waals surface area contributed by atoms with Crippen LogP contribution in [0, 0.1) is 5.92 Å². The lowest BCUT2D eigenvalue weighted by molar-refractivity contribution is 0.292. The third kappa shape index (κ3) is 2.60. The minimum Gasteiger partial charge on any atom is -0.368 e. The molecular formula is C16H21N. The van der Waals surface area contributed by atoms with E-state index in [0.717, 1.165) is 19.4 Å². The molecule has 1 aliphatic heterocycles. The Morgan fingerprint density at radius 2 is 2.12 bits per heavy atom. The molecule has 0 saturated carbocycles. The molecular weight excluding hydrogens is 206 g/mol. The van der Waals surface area contributed by atoms with Crippen molar-refractivity contribution in [3.05, 3.63) is 60.8 Å². The number of likely N-dealkylation sites (tertiary alicyclic amines) is 1. The average Bonchev–Trinajstić information content (AvgIpc) is 2.71. The van der Waals surface area contributed by atoms with E-state index < -0.39 is 0 Å². The Morgan fingerprint density at radius 3 is 2.76 bits per heavy atom. The van der Waals surface area contributed by atoms with Crippen LogP contribution in [-0.4, -0.2) is 11.4 Å². The molecule has 0 bridgehead atoms. The predicted octanol–water partition coefficient (Wildman–Crippen LogP) is 4.16. The van der Waals surface area contributed by atoms with Crippen LogP contribution in [0.15, 0.2) is 55.3 Å². The van der Waals surface area contributed by atoms with Crippen molar-refractivity contribution >= 4 is 0 Å². The van der Waals surface area contributed by atoms with Gasteiger partial charge in [-0.05, 0) is 31.2 Å². The first-order chi connectivity index (χ1) is 8.22. The van der Waals surface area contributed by atoms with Crippen molar-refractivity contribution in [1.29, 1.82) is 0 Å². The van der Waals surface area contributed by atoms with Crippen LogP contribution in [0.25, 0.3) is 0 Å². The summed E-state index contributed by atoms with van der Waals surface area (Å²) in [4.78, 5) is 2.43. The number of hydrogen-bond acceptors (Lipinski definition) is 1. The third-order valence-corrected chi connectivity index (χ3v) is 3.63. The van der Waals surface area contributed by atoms with Gasteiger partial charge in [-0.25, -0.2) is 0 Å². The number of benzene rings is 1. The molecule has 2 unspecified atom stereocenters. The van der Waals surface area contributed by atoms with Crippen LogP contribution >= 0.6 is 0 Å². The van der Waals surface area contributed by atoms with Gasteiger partial charge >= 0.3 is 0 Å². The fourth-order valence-corrected chi connectivity index (χ4v) is 2.66. The highest BCUT2D eigenvalue weighted by molar-refractivity contribution is 5.21. The lowest BCUT2D eigenvalue weighted by atomic mass is 10.0. The highest BCUT2D eigenvalue weighted by Gasteiger charge is 2.28. The molecule has 1 nitrogen and oxygen atoms in total. The molecule has 1 fully saturated rings. The zero-order valence-corrected chi connectivity index (χ0v) is 10.6. The zero-order valence-electron chi connectivity index (χ0n) is 10.6. The van der Waals surface area contributed by atoms with Gasteiger partial charge in [-0.3, -0.25) is 0 Å². The minimum absolute atomic E-state index is 0.429. The first kappa shape index (κ1) is 12.0. The third-order valence-electron chi connectivity index (χ3n) is 3.63. The maximum atomic E-state index is 4.21. The Bertz CT molecular complexity index is 393. The monoisotopic (exact) mass is 227 g/mol. The summed E-state index contributed by atoms with van der Waals surface area (Å²) in [5, 5.41) is 0. The predicted molar refractivity (Wildman–Crippen MR) is 73.6 cm³/mol. The molecule has 1 heteroatoms. The van der Waals surface area contributed by atoms with Crippen molar-refractivity contribution < 1.29 is 0 Å². The largest absolute Gasteiger partial charge is 0.368 e. The lowest BCUT2D eigenvalue weighted by Gasteiger charge is -2.28. The molecule has 17 heavy (non-hydrogen) atoms. The Balaban J connectivity index is 2.08. The van der Waals surface area contributed by atoms with Gasteiger partial charge in [-0.1, -0.05) is 43.0 Å². The topological polar surface area (TPSA) is 3.24 Å². The molecule has 1 aromatic rings. The summed E-state index contributed by atoms with van der Waals surface area (Å²) in [5.41, 5.74) is 2.64. The molecule has 90 valence electrons. The van der Waals surface area contributed by atoms with Gasteiger partial charge in [0.15, 0.2) is 0 Å². The smallest absolute Gasteiger partial charge is 0.0511 e. The van der Waals surface area contributed by atoms with E-state index in [1.165, 1.54) is 11.3 Å². The van der Waals surface area contributed by atoms with Crippen molar-refractivity contribution in [3.63, 3.8) is 0 Å². The van der Waals surface area contributed by atoms with Gasteiger partial charge in [0.25, 0.3) is 0 Å². The summed E-state index contributed by atoms with van der Waals surface area (Å²) in [5.74, 6) is 0.700. The molecule has 2 rings (SSSR count). The van der Waals surface area contributed by atoms with Crippen molar-refractivity contribution in [1.82, 2.24) is 4.90 Å². The van der Waals surface area contributed by atoms with Crippen LogP contribution in [0.2, 0.25) is 0 Å². The van der Waals surface area contributed by atoms with E-state index >= 15 is 0 Å². The van der Waals surface area contributed by atoms with E-state index in [4.69, 9.17) is 0 Å². The summed E-state index contributed by atoms with van der Waals surface area (Å²) in [6.45, 7) is 11.4. The number of hydrogen-bond donors (Lipinski definition) is 0. The quantitative estimate of drug-likeness (QED) is 0.698. The average molecular weight is 227 g/mol. The second-order valence-corrected chi connectivity index (χ2v) is 4.90. The number of rotatable bonds is 4. The van der Waals surface area contributed by atoms with E-state index in [0.29, 0.717) is 12.0 Å². The highest BCUT2D eigenvalue weighted by atomic mass is 15.2. The normalized spacial score (nSPS) is 21.6. The second kappa shape index (κ2) is 5.22. The highest BCUT2D eigenvalue weighted by Crippen LogP contribution is 2.34. The Hall–Kier alpha value is -1.50. The summed E-state index contributed by atoms with van der Waals surface area (Å²) in [7, 11) is 0. The zero-order chi connectivity index (χ0) is 12.3. The Morgan fingerprint density at radius 1 is 1.41 bits per heavy atom. The van der Waals surface area contributed by atoms with Crippen LogP contribution in [-0.2, 0) is 0 Å². The van der Waals surface area contributed by atoms with Gasteiger partial charge in [0.1, 0.15) is 0 Å². The first-order valence-corrected chi connectivity index (χ1v) is 6.32. The number of nitrogens with zero attached hydrogens (tertiary/aromatic N) is 1. The Labute approximate surface area is 104 Å². The summed E-state index contributed by atoms with van der Waals surface area (Å²) in [6, 6.07) is 11.1. The van der Waals surface area contributed by atoms with Crippen molar-refractivity contribution in [2.75, 3.05) is 6.54 Å². The van der Waals surface area contributed by atoms with Crippen molar-refractivity contribution in [3.8, 4) is 0 Å². The van der Waals surface area contributed by atoms with Crippen molar-refractivity contribution in [2.45, 2.75) is 25.8 Å². The maximum absolute atomic E-state index is 4.21. The maximum Gasteiger partial charge on any atom is 0.0511 e. The van der Waals surface area contributed by atoms with Gasteiger partial charge in [0, 0.05) is 12.2 Å².